The van der Waals surface area contributed by atoms with Crippen molar-refractivity contribution in [3.05, 3.63) is 30.1 Å². The van der Waals surface area contributed by atoms with E-state index in [4.69, 9.17) is 9.31 Å². The molecular formula is C19H26BNO4. The minimum absolute atomic E-state index is 0.286. The van der Waals surface area contributed by atoms with Crippen LogP contribution in [0.3, 0.4) is 0 Å². The molecule has 6 heteroatoms. The van der Waals surface area contributed by atoms with Crippen LogP contribution in [0.4, 0.5) is 4.79 Å². The number of rotatable bonds is 1. The van der Waals surface area contributed by atoms with Gasteiger partial charge in [0, 0.05) is 22.7 Å². The summed E-state index contributed by atoms with van der Waals surface area (Å²) in [5, 5.41) is 11.4. The highest BCUT2D eigenvalue weighted by molar-refractivity contribution is 6.62. The summed E-state index contributed by atoms with van der Waals surface area (Å²) in [6.45, 7) is 14.1. The average molecular weight is 343 g/mol. The van der Waals surface area contributed by atoms with Gasteiger partial charge in [0.25, 0.3) is 0 Å². The van der Waals surface area contributed by atoms with E-state index in [-0.39, 0.29) is 5.41 Å². The largest absolute Gasteiger partial charge is 0.494 e. The number of carbonyl (C=O) groups is 1. The molecule has 3 rings (SSSR count). The van der Waals surface area contributed by atoms with Crippen LogP contribution in [0.1, 0.15) is 54.2 Å². The van der Waals surface area contributed by atoms with Crippen LogP contribution in [0.15, 0.2) is 24.4 Å². The van der Waals surface area contributed by atoms with Crippen LogP contribution in [-0.2, 0) is 14.7 Å². The van der Waals surface area contributed by atoms with Gasteiger partial charge in [0.1, 0.15) is 0 Å². The molecule has 0 bridgehead atoms. The summed E-state index contributed by atoms with van der Waals surface area (Å²) >= 11 is 0. The second kappa shape index (κ2) is 5.35. The first-order chi connectivity index (χ1) is 11.3. The molecule has 1 aliphatic rings. The predicted octanol–water partition coefficient (Wildman–Crippen LogP) is 3.76. The zero-order valence-corrected chi connectivity index (χ0v) is 16.0. The third-order valence-corrected chi connectivity index (χ3v) is 5.28. The van der Waals surface area contributed by atoms with E-state index < -0.39 is 24.4 Å². The molecule has 1 aromatic heterocycles. The topological polar surface area (TPSA) is 60.7 Å². The Morgan fingerprint density at radius 2 is 1.68 bits per heavy atom. The summed E-state index contributed by atoms with van der Waals surface area (Å²) in [6.07, 6.45) is 0.700. The van der Waals surface area contributed by atoms with Crippen LogP contribution in [-0.4, -0.2) is 34.1 Å². The molecule has 0 unspecified atom stereocenters. The van der Waals surface area contributed by atoms with E-state index in [2.05, 4.69) is 0 Å². The number of aromatic nitrogens is 1. The Morgan fingerprint density at radius 1 is 1.12 bits per heavy atom. The normalized spacial score (nSPS) is 19.6. The number of carboxylic acid groups (broad SMARTS) is 1. The van der Waals surface area contributed by atoms with E-state index in [1.165, 1.54) is 4.57 Å². The molecule has 0 aliphatic carbocycles. The average Bonchev–Trinajstić information content (AvgIpc) is 2.93. The predicted molar refractivity (Wildman–Crippen MR) is 99.8 cm³/mol. The van der Waals surface area contributed by atoms with Crippen LogP contribution in [0.2, 0.25) is 0 Å². The van der Waals surface area contributed by atoms with Gasteiger partial charge in [-0.25, -0.2) is 4.79 Å². The molecule has 1 aromatic carbocycles. The third kappa shape index (κ3) is 2.87. The Labute approximate surface area is 149 Å². The van der Waals surface area contributed by atoms with Gasteiger partial charge in [0.2, 0.25) is 0 Å². The maximum absolute atomic E-state index is 11.7. The van der Waals surface area contributed by atoms with Crippen molar-refractivity contribution in [2.24, 2.45) is 0 Å². The Bertz CT molecular complexity index is 829. The minimum Gasteiger partial charge on any atom is -0.464 e. The molecule has 0 radical (unpaired) electrons. The molecule has 1 aliphatic heterocycles. The second-order valence-electron chi connectivity index (χ2n) is 8.82. The van der Waals surface area contributed by atoms with Crippen LogP contribution < -0.4 is 5.46 Å². The number of benzene rings is 1. The first kappa shape index (κ1) is 18.0. The summed E-state index contributed by atoms with van der Waals surface area (Å²) in [7, 11) is -0.458. The Hall–Kier alpha value is -1.79. The summed E-state index contributed by atoms with van der Waals surface area (Å²) in [5.74, 6) is 0. The molecule has 2 aromatic rings. The van der Waals surface area contributed by atoms with Gasteiger partial charge in [0.15, 0.2) is 0 Å². The fraction of sp³-hybridized carbons (Fsp3) is 0.526. The molecule has 2 heterocycles. The summed E-state index contributed by atoms with van der Waals surface area (Å²) in [4.78, 5) is 11.7. The van der Waals surface area contributed by atoms with Crippen molar-refractivity contribution < 1.29 is 19.2 Å². The Morgan fingerprint density at radius 3 is 2.16 bits per heavy atom. The molecule has 1 fully saturated rings. The highest BCUT2D eigenvalue weighted by Crippen LogP contribution is 2.37. The first-order valence-electron chi connectivity index (χ1n) is 8.58. The highest BCUT2D eigenvalue weighted by Gasteiger charge is 2.51. The van der Waals surface area contributed by atoms with E-state index >= 15 is 0 Å². The number of hydrogen-bond donors (Lipinski definition) is 1. The fourth-order valence-corrected chi connectivity index (χ4v) is 3.28. The molecule has 0 saturated carbocycles. The van der Waals surface area contributed by atoms with Crippen molar-refractivity contribution in [3.8, 4) is 0 Å². The van der Waals surface area contributed by atoms with Crippen molar-refractivity contribution in [2.75, 3.05) is 0 Å². The highest BCUT2D eigenvalue weighted by atomic mass is 16.7. The second-order valence-corrected chi connectivity index (χ2v) is 8.82. The Balaban J connectivity index is 2.10. The lowest BCUT2D eigenvalue weighted by atomic mass is 9.78. The third-order valence-electron chi connectivity index (χ3n) is 5.28. The smallest absolute Gasteiger partial charge is 0.464 e. The standard InChI is InChI=1S/C19H26BNO4/c1-17(2,3)15-14-9-8-13(10-12(14)11-21(15)16(22)23)20-24-18(4,5)19(6,7)25-20/h8-11H,1-7H3,(H,22,23). The molecule has 0 atom stereocenters. The minimum atomic E-state index is -0.974. The molecule has 134 valence electrons. The first-order valence-corrected chi connectivity index (χ1v) is 8.58. The monoisotopic (exact) mass is 343 g/mol. The lowest BCUT2D eigenvalue weighted by Crippen LogP contribution is -2.41. The molecule has 25 heavy (non-hydrogen) atoms. The number of nitrogens with zero attached hydrogens (tertiary/aromatic N) is 1. The van der Waals surface area contributed by atoms with Crippen molar-refractivity contribution in [3.63, 3.8) is 0 Å². The maximum Gasteiger partial charge on any atom is 0.494 e. The Kier molecular flexibility index (Phi) is 3.86. The number of hydrogen-bond acceptors (Lipinski definition) is 3. The quantitative estimate of drug-likeness (QED) is 0.801. The SMILES string of the molecule is CC(C)(C)c1c2ccc(B3OC(C)(C)C(C)(C)O3)cc2cn1C(=O)O. The van der Waals surface area contributed by atoms with Crippen LogP contribution in [0, 0.1) is 0 Å². The van der Waals surface area contributed by atoms with Gasteiger partial charge in [-0.2, -0.15) is 0 Å². The summed E-state index contributed by atoms with van der Waals surface area (Å²) < 4.78 is 13.5. The van der Waals surface area contributed by atoms with E-state index in [9.17, 15) is 9.90 Å². The van der Waals surface area contributed by atoms with Gasteiger partial charge in [-0.1, -0.05) is 39.0 Å². The van der Waals surface area contributed by atoms with Crippen molar-refractivity contribution >= 4 is 29.4 Å². The van der Waals surface area contributed by atoms with Crippen LogP contribution in [0.25, 0.3) is 10.8 Å². The zero-order valence-electron chi connectivity index (χ0n) is 16.0. The molecule has 1 saturated heterocycles. The lowest BCUT2D eigenvalue weighted by Gasteiger charge is -2.32. The molecule has 1 N–H and O–H groups in total. The van der Waals surface area contributed by atoms with Crippen molar-refractivity contribution in [1.82, 2.24) is 4.57 Å². The van der Waals surface area contributed by atoms with Gasteiger partial charge in [-0.3, -0.25) is 4.57 Å². The summed E-state index contributed by atoms with van der Waals surface area (Å²) in [6, 6.07) is 5.90. The van der Waals surface area contributed by atoms with Gasteiger partial charge in [-0.15, -0.1) is 0 Å². The molecule has 5 nitrogen and oxygen atoms in total. The van der Waals surface area contributed by atoms with Crippen LogP contribution >= 0.6 is 0 Å². The summed E-state index contributed by atoms with van der Waals surface area (Å²) in [5.41, 5.74) is 0.586. The van der Waals surface area contributed by atoms with E-state index in [1.54, 1.807) is 6.20 Å². The number of fused-ring (bicyclic) bond motifs is 1. The van der Waals surface area contributed by atoms with Crippen molar-refractivity contribution in [1.29, 1.82) is 0 Å². The lowest BCUT2D eigenvalue weighted by molar-refractivity contribution is 0.00578. The van der Waals surface area contributed by atoms with Gasteiger partial charge < -0.3 is 14.4 Å². The van der Waals surface area contributed by atoms with Crippen LogP contribution in [0.5, 0.6) is 0 Å². The van der Waals surface area contributed by atoms with Crippen molar-refractivity contribution in [2.45, 2.75) is 65.1 Å². The van der Waals surface area contributed by atoms with Gasteiger partial charge in [-0.05, 0) is 38.5 Å². The van der Waals surface area contributed by atoms with E-state index in [0.29, 0.717) is 0 Å². The molecular weight excluding hydrogens is 317 g/mol. The van der Waals surface area contributed by atoms with Gasteiger partial charge >= 0.3 is 13.2 Å². The molecule has 0 spiro atoms. The maximum atomic E-state index is 11.7. The van der Waals surface area contributed by atoms with E-state index in [1.807, 2.05) is 66.7 Å². The fourth-order valence-electron chi connectivity index (χ4n) is 3.28. The zero-order chi connectivity index (χ0) is 18.8. The molecule has 0 amide bonds. The van der Waals surface area contributed by atoms with E-state index in [0.717, 1.165) is 21.9 Å². The van der Waals surface area contributed by atoms with Gasteiger partial charge in [0.05, 0.1) is 11.2 Å².